The third-order valence-electron chi connectivity index (χ3n) is 4.31. The fraction of sp³-hybridized carbons (Fsp3) is 0.929. The van der Waals surface area contributed by atoms with Crippen LogP contribution < -0.4 is 5.32 Å². The zero-order valence-electron chi connectivity index (χ0n) is 11.5. The first kappa shape index (κ1) is 12.7. The van der Waals surface area contributed by atoms with Gasteiger partial charge in [0.1, 0.15) is 5.60 Å². The summed E-state index contributed by atoms with van der Waals surface area (Å²) in [5, 5.41) is 3.08. The number of ether oxygens (including phenoxy) is 1. The van der Waals surface area contributed by atoms with Crippen LogP contribution in [0.15, 0.2) is 0 Å². The van der Waals surface area contributed by atoms with E-state index in [1.165, 1.54) is 19.3 Å². The summed E-state index contributed by atoms with van der Waals surface area (Å²) in [4.78, 5) is 11.8. The van der Waals surface area contributed by atoms with Gasteiger partial charge in [0.05, 0.1) is 0 Å². The van der Waals surface area contributed by atoms with Crippen LogP contribution >= 0.6 is 0 Å². The van der Waals surface area contributed by atoms with Crippen LogP contribution in [0.1, 0.15) is 53.4 Å². The Morgan fingerprint density at radius 1 is 1.29 bits per heavy atom. The molecule has 0 radical (unpaired) electrons. The summed E-state index contributed by atoms with van der Waals surface area (Å²) in [6.45, 7) is 8.05. The van der Waals surface area contributed by atoms with Gasteiger partial charge in [-0.2, -0.15) is 0 Å². The Bertz CT molecular complexity index is 295. The van der Waals surface area contributed by atoms with E-state index in [9.17, 15) is 4.79 Å². The van der Waals surface area contributed by atoms with E-state index in [0.717, 1.165) is 18.3 Å². The molecule has 4 atom stereocenters. The zero-order chi connectivity index (χ0) is 12.6. The highest BCUT2D eigenvalue weighted by Gasteiger charge is 2.43. The average Bonchev–Trinajstić information content (AvgIpc) is 2.37. The molecule has 1 N–H and O–H groups in total. The molecule has 0 aromatic rings. The number of nitrogens with one attached hydrogen (secondary N) is 1. The van der Waals surface area contributed by atoms with Gasteiger partial charge in [-0.25, -0.2) is 4.79 Å². The van der Waals surface area contributed by atoms with Crippen LogP contribution in [0.5, 0.6) is 0 Å². The molecule has 0 spiro atoms. The van der Waals surface area contributed by atoms with Crippen LogP contribution in [0.4, 0.5) is 4.79 Å². The van der Waals surface area contributed by atoms with Crippen molar-refractivity contribution in [3.05, 3.63) is 0 Å². The van der Waals surface area contributed by atoms with Gasteiger partial charge in [-0.3, -0.25) is 0 Å². The Morgan fingerprint density at radius 2 is 2.00 bits per heavy atom. The van der Waals surface area contributed by atoms with Crippen molar-refractivity contribution >= 4 is 6.09 Å². The number of hydrogen-bond donors (Lipinski definition) is 1. The van der Waals surface area contributed by atoms with Gasteiger partial charge in [0.25, 0.3) is 0 Å². The molecule has 98 valence electrons. The second-order valence-corrected chi connectivity index (χ2v) is 6.70. The largest absolute Gasteiger partial charge is 0.444 e. The quantitative estimate of drug-likeness (QED) is 0.762. The van der Waals surface area contributed by atoms with Crippen LogP contribution in [0.2, 0.25) is 0 Å². The topological polar surface area (TPSA) is 38.3 Å². The van der Waals surface area contributed by atoms with Crippen molar-refractivity contribution < 1.29 is 9.53 Å². The Labute approximate surface area is 104 Å². The van der Waals surface area contributed by atoms with Crippen LogP contribution in [-0.2, 0) is 4.74 Å². The molecule has 0 heterocycles. The minimum absolute atomic E-state index is 0.248. The molecule has 0 aliphatic heterocycles. The van der Waals surface area contributed by atoms with Gasteiger partial charge < -0.3 is 10.1 Å². The summed E-state index contributed by atoms with van der Waals surface area (Å²) < 4.78 is 5.33. The summed E-state index contributed by atoms with van der Waals surface area (Å²) >= 11 is 0. The van der Waals surface area contributed by atoms with E-state index in [4.69, 9.17) is 4.74 Å². The van der Waals surface area contributed by atoms with Crippen LogP contribution in [0.3, 0.4) is 0 Å². The van der Waals surface area contributed by atoms with Crippen LogP contribution in [0.25, 0.3) is 0 Å². The minimum atomic E-state index is -0.399. The third-order valence-corrected chi connectivity index (χ3v) is 4.31. The van der Waals surface area contributed by atoms with E-state index in [0.29, 0.717) is 12.0 Å². The lowest BCUT2D eigenvalue weighted by molar-refractivity contribution is 0.0488. The summed E-state index contributed by atoms with van der Waals surface area (Å²) in [5.41, 5.74) is -0.399. The molecule has 3 nitrogen and oxygen atoms in total. The molecule has 2 saturated carbocycles. The van der Waals surface area contributed by atoms with Gasteiger partial charge in [-0.1, -0.05) is 19.8 Å². The van der Waals surface area contributed by atoms with E-state index >= 15 is 0 Å². The average molecular weight is 239 g/mol. The number of fused-ring (bicyclic) bond motifs is 2. The van der Waals surface area contributed by atoms with Crippen molar-refractivity contribution in [2.24, 2.45) is 17.8 Å². The van der Waals surface area contributed by atoms with Crippen LogP contribution in [-0.4, -0.2) is 17.7 Å². The maximum absolute atomic E-state index is 11.8. The molecule has 2 rings (SSSR count). The van der Waals surface area contributed by atoms with Crippen molar-refractivity contribution in [3.8, 4) is 0 Å². The highest BCUT2D eigenvalue weighted by molar-refractivity contribution is 5.68. The Kier molecular flexibility index (Phi) is 3.37. The van der Waals surface area contributed by atoms with Crippen molar-refractivity contribution in [3.63, 3.8) is 0 Å². The SMILES string of the molecule is CC1C2CCCC1C(NC(=O)OC(C)(C)C)C2. The highest BCUT2D eigenvalue weighted by Crippen LogP contribution is 2.46. The predicted octanol–water partition coefficient (Wildman–Crippen LogP) is 3.34. The first-order chi connectivity index (χ1) is 7.87. The first-order valence-electron chi connectivity index (χ1n) is 6.86. The number of amides is 1. The van der Waals surface area contributed by atoms with E-state index < -0.39 is 5.60 Å². The molecule has 0 saturated heterocycles. The number of carbonyl (C=O) groups excluding carboxylic acids is 1. The number of hydrogen-bond acceptors (Lipinski definition) is 2. The van der Waals surface area contributed by atoms with E-state index in [1.54, 1.807) is 0 Å². The zero-order valence-corrected chi connectivity index (χ0v) is 11.5. The fourth-order valence-corrected chi connectivity index (χ4v) is 3.52. The maximum atomic E-state index is 11.8. The van der Waals surface area contributed by atoms with Gasteiger partial charge in [0, 0.05) is 6.04 Å². The lowest BCUT2D eigenvalue weighted by Crippen LogP contribution is -2.41. The molecular formula is C14H25NO2. The van der Waals surface area contributed by atoms with Crippen molar-refractivity contribution in [1.82, 2.24) is 5.32 Å². The number of alkyl carbamates (subject to hydrolysis) is 1. The third kappa shape index (κ3) is 2.93. The molecule has 0 aromatic carbocycles. The summed E-state index contributed by atoms with van der Waals surface area (Å²) in [6.07, 6.45) is 4.82. The van der Waals surface area contributed by atoms with Gasteiger partial charge in [-0.15, -0.1) is 0 Å². The van der Waals surface area contributed by atoms with Crippen molar-refractivity contribution in [2.75, 3.05) is 0 Å². The molecule has 2 aliphatic rings. The molecule has 2 aliphatic carbocycles. The van der Waals surface area contributed by atoms with Crippen molar-refractivity contribution in [1.29, 1.82) is 0 Å². The lowest BCUT2D eigenvalue weighted by Gasteiger charge is -2.29. The molecular weight excluding hydrogens is 214 g/mol. The molecule has 2 bridgehead atoms. The Hall–Kier alpha value is -0.730. The number of carbonyl (C=O) groups is 1. The Morgan fingerprint density at radius 3 is 2.59 bits per heavy atom. The Balaban J connectivity index is 1.90. The molecule has 3 heteroatoms. The smallest absolute Gasteiger partial charge is 0.407 e. The van der Waals surface area contributed by atoms with E-state index in [-0.39, 0.29) is 6.09 Å². The normalized spacial score (nSPS) is 36.7. The molecule has 0 aromatic heterocycles. The summed E-state index contributed by atoms with van der Waals surface area (Å²) in [5.74, 6) is 2.25. The second kappa shape index (κ2) is 4.51. The predicted molar refractivity (Wildman–Crippen MR) is 67.8 cm³/mol. The van der Waals surface area contributed by atoms with E-state index in [2.05, 4.69) is 12.2 Å². The number of rotatable bonds is 1. The van der Waals surface area contributed by atoms with Gasteiger partial charge in [0.15, 0.2) is 0 Å². The standard InChI is InChI=1S/C14H25NO2/c1-9-10-6-5-7-11(9)12(8-10)15-13(16)17-14(2,3)4/h9-12H,5-8H2,1-4H3,(H,15,16). The fourth-order valence-electron chi connectivity index (χ4n) is 3.52. The highest BCUT2D eigenvalue weighted by atomic mass is 16.6. The molecule has 2 fully saturated rings. The van der Waals surface area contributed by atoms with Gasteiger partial charge in [-0.05, 0) is 51.4 Å². The maximum Gasteiger partial charge on any atom is 0.407 e. The minimum Gasteiger partial charge on any atom is -0.444 e. The second-order valence-electron chi connectivity index (χ2n) is 6.70. The molecule has 4 unspecified atom stereocenters. The lowest BCUT2D eigenvalue weighted by atomic mass is 9.79. The molecule has 1 amide bonds. The summed E-state index contributed by atoms with van der Waals surface area (Å²) in [7, 11) is 0. The van der Waals surface area contributed by atoms with Crippen LogP contribution in [0, 0.1) is 17.8 Å². The molecule has 17 heavy (non-hydrogen) atoms. The van der Waals surface area contributed by atoms with Crippen molar-refractivity contribution in [2.45, 2.75) is 65.0 Å². The first-order valence-corrected chi connectivity index (χ1v) is 6.86. The van der Waals surface area contributed by atoms with Gasteiger partial charge >= 0.3 is 6.09 Å². The monoisotopic (exact) mass is 239 g/mol. The van der Waals surface area contributed by atoms with Gasteiger partial charge in [0.2, 0.25) is 0 Å². The van der Waals surface area contributed by atoms with E-state index in [1.807, 2.05) is 20.8 Å². The summed E-state index contributed by atoms with van der Waals surface area (Å²) in [6, 6.07) is 0.340.